The monoisotopic (exact) mass is 1740 g/mol. The Hall–Kier alpha value is -11.3. The number of hydrogen-bond acceptors (Lipinski definition) is 6. The summed E-state index contributed by atoms with van der Waals surface area (Å²) in [5.74, 6) is -0.104. The van der Waals surface area contributed by atoms with Gasteiger partial charge >= 0.3 is 24.7 Å². The van der Waals surface area contributed by atoms with Gasteiger partial charge in [0.25, 0.3) is 0 Å². The Labute approximate surface area is 731 Å². The molecule has 15 aromatic rings. The first kappa shape index (κ1) is 89.1. The van der Waals surface area contributed by atoms with E-state index in [0.29, 0.717) is 50.3 Å². The Kier molecular flexibility index (Phi) is 26.6. The average molecular weight is 1740 g/mol. The molecule has 0 N–H and O–H groups in total. The molecule has 0 aliphatic carbocycles. The van der Waals surface area contributed by atoms with E-state index >= 15 is 0 Å². The van der Waals surface area contributed by atoms with Crippen molar-refractivity contribution < 1.29 is 57.1 Å². The van der Waals surface area contributed by atoms with Gasteiger partial charge in [-0.15, -0.1) is 0 Å². The van der Waals surface area contributed by atoms with Crippen LogP contribution in [-0.4, -0.2) is 120 Å². The van der Waals surface area contributed by atoms with E-state index in [4.69, 9.17) is 0 Å². The van der Waals surface area contributed by atoms with Crippen LogP contribution in [0, 0.1) is 5.82 Å². The van der Waals surface area contributed by atoms with Crippen molar-refractivity contribution in [3.8, 4) is 0 Å². The van der Waals surface area contributed by atoms with Crippen LogP contribution < -0.4 is 0 Å². The zero-order chi connectivity index (χ0) is 89.1. The lowest BCUT2D eigenvalue weighted by Crippen LogP contribution is -2.27. The largest absolute Gasteiger partial charge is 0.418 e. The van der Waals surface area contributed by atoms with Crippen molar-refractivity contribution in [2.75, 3.05) is 68.0 Å². The van der Waals surface area contributed by atoms with Crippen LogP contribution in [0.15, 0.2) is 237 Å². The third kappa shape index (κ3) is 19.9. The summed E-state index contributed by atoms with van der Waals surface area (Å²) in [6.07, 6.45) is -5.41. The number of aromatic nitrogens is 6. The molecule has 5 aliphatic rings. The molecule has 127 heavy (non-hydrogen) atoms. The van der Waals surface area contributed by atoms with Crippen LogP contribution in [-0.2, 0) is 154 Å². The summed E-state index contributed by atoms with van der Waals surface area (Å²) in [6.45, 7) is 11.8. The summed E-state index contributed by atoms with van der Waals surface area (Å²) in [5, 5.41) is 4.05. The normalized spacial score (nSPS) is 15.3. The molecule has 0 bridgehead atoms. The fourth-order valence-corrected chi connectivity index (χ4v) is 19.4. The minimum atomic E-state index is -4.35. The van der Waals surface area contributed by atoms with Crippen molar-refractivity contribution in [2.45, 2.75) is 154 Å². The highest BCUT2D eigenvalue weighted by atomic mass is 19.4. The molecule has 24 heteroatoms. The summed E-state index contributed by atoms with van der Waals surface area (Å²) in [6, 6.07) is 67.4. The molecule has 0 spiro atoms. The number of para-hydroxylation sites is 3. The Balaban J connectivity index is 0.000000117. The minimum absolute atomic E-state index is 0.104. The van der Waals surface area contributed by atoms with Crippen molar-refractivity contribution >= 4 is 54.5 Å². The van der Waals surface area contributed by atoms with Crippen LogP contribution in [0.25, 0.3) is 54.5 Å². The van der Waals surface area contributed by atoms with Gasteiger partial charge in [-0.25, -0.2) is 4.39 Å². The van der Waals surface area contributed by atoms with Crippen LogP contribution in [0.3, 0.4) is 0 Å². The Morgan fingerprint density at radius 1 is 0.276 bits per heavy atom. The van der Waals surface area contributed by atoms with E-state index in [2.05, 4.69) is 92.7 Å². The van der Waals surface area contributed by atoms with Crippen molar-refractivity contribution in [2.24, 2.45) is 0 Å². The molecule has 11 heterocycles. The van der Waals surface area contributed by atoms with Gasteiger partial charge in [-0.3, -0.25) is 4.98 Å². The molecule has 0 saturated carbocycles. The van der Waals surface area contributed by atoms with Gasteiger partial charge in [-0.05, 0) is 184 Å². The second-order valence-electron chi connectivity index (χ2n) is 34.4. The van der Waals surface area contributed by atoms with Gasteiger partial charge in [0, 0.05) is 209 Å². The second kappa shape index (κ2) is 37.9. The van der Waals surface area contributed by atoms with Crippen LogP contribution in [0.4, 0.5) is 57.1 Å². The number of hydrogen-bond donors (Lipinski definition) is 0. The predicted octanol–water partition coefficient (Wildman–Crippen LogP) is 23.0. The molecule has 0 amide bonds. The van der Waals surface area contributed by atoms with Crippen LogP contribution in [0.2, 0.25) is 0 Å². The van der Waals surface area contributed by atoms with E-state index in [1.54, 1.807) is 24.4 Å². The Morgan fingerprint density at radius 2 is 0.559 bits per heavy atom. The number of halogens is 13. The number of rotatable bonds is 15. The third-order valence-corrected chi connectivity index (χ3v) is 25.7. The van der Waals surface area contributed by atoms with Crippen LogP contribution in [0.1, 0.15) is 106 Å². The summed E-state index contributed by atoms with van der Waals surface area (Å²) in [7, 11) is 10.2. The van der Waals surface area contributed by atoms with E-state index < -0.39 is 47.0 Å². The Morgan fingerprint density at radius 3 is 0.874 bits per heavy atom. The maximum Gasteiger partial charge on any atom is 0.418 e. The number of alkyl halides is 12. The topological polar surface area (TPSA) is 53.7 Å². The number of fused-ring (bicyclic) bond motifs is 15. The number of pyridine rings is 1. The van der Waals surface area contributed by atoms with Crippen molar-refractivity contribution in [3.63, 3.8) is 0 Å². The number of likely N-dealkylation sites (N-methyl/N-ethyl adjacent to an activating group) is 5. The van der Waals surface area contributed by atoms with Gasteiger partial charge in [0.05, 0.1) is 38.8 Å². The van der Waals surface area contributed by atoms with E-state index in [1.807, 2.05) is 159 Å². The van der Waals surface area contributed by atoms with E-state index in [0.717, 1.165) is 217 Å². The molecule has 0 fully saturated rings. The Bertz CT molecular complexity index is 5990. The second-order valence-corrected chi connectivity index (χ2v) is 34.4. The van der Waals surface area contributed by atoms with Gasteiger partial charge < -0.3 is 47.3 Å². The highest BCUT2D eigenvalue weighted by Gasteiger charge is 2.40. The number of benzene rings is 9. The lowest BCUT2D eigenvalue weighted by Gasteiger charge is -2.24. The molecule has 0 unspecified atom stereocenters. The number of aryl methyl sites for hydroxylation is 10. The molecule has 20 rings (SSSR count). The third-order valence-electron chi connectivity index (χ3n) is 25.7. The molecule has 662 valence electrons. The molecular weight excluding hydrogens is 1640 g/mol. The lowest BCUT2D eigenvalue weighted by atomic mass is 10.0. The standard InChI is InChI=1S/3C21H21F3N2.C20H20F3N3.C20H21FN2/c2*1-25-12-11-19-17(14-25)16-8-5-9-18(21(22,23)24)20(16)26(19)13-10-15-6-3-2-4-7-15;1-25-11-10-20-18(14-25)17-13-16(21(22,23)24)7-8-19(17)26(20)12-9-15-5-3-2-4-6-15;1-25-9-7-19-17(13-25)16-11-15(20(21,22)23)4-5-18(16)26(19)10-6-14-3-2-8-24-12-14;1-22-12-11-19-17(14-22)16-8-5-9-18(21)20(16)23(19)13-10-15-6-3-2-4-7-15/h2*2-9H,10-14H2,1H3;2-8,13H,9-12,14H2,1H3;2-5,8,11-12H,6-7,9-10,13H2,1H3;2-9H,10-14H2,1H3. The first-order valence-corrected chi connectivity index (χ1v) is 43.6. The van der Waals surface area contributed by atoms with Crippen molar-refractivity contribution in [1.29, 1.82) is 0 Å². The first-order valence-electron chi connectivity index (χ1n) is 43.6. The van der Waals surface area contributed by atoms with Gasteiger partial charge in [-0.1, -0.05) is 164 Å². The van der Waals surface area contributed by atoms with E-state index in [9.17, 15) is 57.1 Å². The quantitative estimate of drug-likeness (QED) is 0.0954. The van der Waals surface area contributed by atoms with Gasteiger partial charge in [0.2, 0.25) is 0 Å². The number of nitrogens with zero attached hydrogens (tertiary/aromatic N) is 11. The van der Waals surface area contributed by atoms with Crippen molar-refractivity contribution in [3.05, 3.63) is 349 Å². The molecule has 5 aliphatic heterocycles. The molecule has 0 atom stereocenters. The minimum Gasteiger partial charge on any atom is -0.344 e. The van der Waals surface area contributed by atoms with Gasteiger partial charge in [-0.2, -0.15) is 52.7 Å². The SMILES string of the molecule is CN1CCc2c(c3cc(C(F)(F)F)ccc3n2CCc2ccccc2)C1.CN1CCc2c(c3cc(C(F)(F)F)ccc3n2CCc2cccnc2)C1.CN1CCc2c(c3cccc(C(F)(F)F)c3n2CCc2ccccc2)C1.CN1CCc2c(c3cccc(C(F)(F)F)c3n2CCc2ccccc2)C1.CN1CCc2c(c3cccc(F)c3n2CCc2ccccc2)C1. The molecule has 0 radical (unpaired) electrons. The molecule has 9 aromatic carbocycles. The molecule has 0 saturated heterocycles. The molecule has 6 aromatic heterocycles. The molecular formula is C103H104F13N11. The fraction of sp³-hybridized carbons (Fsp3) is 0.330. The smallest absolute Gasteiger partial charge is 0.344 e. The highest BCUT2D eigenvalue weighted by molar-refractivity contribution is 5.92. The average Bonchev–Trinajstić information content (AvgIpc) is 1.62. The molecule has 11 nitrogen and oxygen atoms in total. The van der Waals surface area contributed by atoms with Gasteiger partial charge in [0.1, 0.15) is 5.82 Å². The van der Waals surface area contributed by atoms with Gasteiger partial charge in [0.15, 0.2) is 0 Å². The summed E-state index contributed by atoms with van der Waals surface area (Å²) < 4.78 is 186. The van der Waals surface area contributed by atoms with Crippen LogP contribution in [0.5, 0.6) is 0 Å². The lowest BCUT2D eigenvalue weighted by molar-refractivity contribution is -0.138. The summed E-state index contributed by atoms with van der Waals surface area (Å²) in [4.78, 5) is 15.1. The summed E-state index contributed by atoms with van der Waals surface area (Å²) >= 11 is 0. The first-order chi connectivity index (χ1) is 61.0. The predicted molar refractivity (Wildman–Crippen MR) is 478 cm³/mol. The fourth-order valence-electron chi connectivity index (χ4n) is 19.4. The van der Waals surface area contributed by atoms with E-state index in [1.165, 1.54) is 82.3 Å². The maximum atomic E-state index is 14.5. The van der Waals surface area contributed by atoms with E-state index in [-0.39, 0.29) is 5.82 Å². The van der Waals surface area contributed by atoms with Crippen molar-refractivity contribution in [1.82, 2.24) is 52.3 Å². The highest BCUT2D eigenvalue weighted by Crippen LogP contribution is 2.45. The summed E-state index contributed by atoms with van der Waals surface area (Å²) in [5.41, 5.74) is 18.3. The van der Waals surface area contributed by atoms with Crippen LogP contribution >= 0.6 is 0 Å². The zero-order valence-electron chi connectivity index (χ0n) is 72.0. The maximum absolute atomic E-state index is 14.5. The zero-order valence-corrected chi connectivity index (χ0v) is 72.0.